The highest BCUT2D eigenvalue weighted by atomic mass is 19.4. The second-order valence-electron chi connectivity index (χ2n) is 8.73. The van der Waals surface area contributed by atoms with Gasteiger partial charge in [0.1, 0.15) is 0 Å². The number of rotatable bonds is 8. The van der Waals surface area contributed by atoms with E-state index in [1.54, 1.807) is 12.1 Å². The first-order valence-corrected chi connectivity index (χ1v) is 11.6. The van der Waals surface area contributed by atoms with Gasteiger partial charge in [0.2, 0.25) is 11.9 Å². The monoisotopic (exact) mass is 530 g/mol. The van der Waals surface area contributed by atoms with Crippen molar-refractivity contribution in [3.05, 3.63) is 54.0 Å². The number of likely N-dealkylation sites (N-methyl/N-ethyl adjacent to an activating group) is 1. The number of halogens is 3. The third-order valence-corrected chi connectivity index (χ3v) is 5.79. The van der Waals surface area contributed by atoms with E-state index in [-0.39, 0.29) is 30.2 Å². The second-order valence-corrected chi connectivity index (χ2v) is 8.73. The lowest BCUT2D eigenvalue weighted by molar-refractivity contribution is -0.274. The van der Waals surface area contributed by atoms with Gasteiger partial charge in [0.05, 0.1) is 30.0 Å². The number of ether oxygens (including phenoxy) is 1. The Balaban J connectivity index is 1.47. The second kappa shape index (κ2) is 11.5. The van der Waals surface area contributed by atoms with E-state index in [9.17, 15) is 22.8 Å². The summed E-state index contributed by atoms with van der Waals surface area (Å²) in [6, 6.07) is 6.60. The number of benzene rings is 1. The molecule has 3 aromatic rings. The average Bonchev–Trinajstić information content (AvgIpc) is 2.86. The minimum absolute atomic E-state index is 0.00153. The van der Waals surface area contributed by atoms with Crippen LogP contribution in [-0.4, -0.2) is 87.8 Å². The van der Waals surface area contributed by atoms with Crippen LogP contribution < -0.4 is 15.8 Å². The van der Waals surface area contributed by atoms with Crippen LogP contribution in [0.25, 0.3) is 11.3 Å². The molecule has 1 fully saturated rings. The Morgan fingerprint density at radius 3 is 2.39 bits per heavy atom. The number of nitrogens with one attached hydrogen (secondary N) is 1. The zero-order valence-corrected chi connectivity index (χ0v) is 20.4. The lowest BCUT2D eigenvalue weighted by Gasteiger charge is -2.31. The number of alkyl halides is 3. The Morgan fingerprint density at radius 2 is 1.76 bits per heavy atom. The summed E-state index contributed by atoms with van der Waals surface area (Å²) in [5.41, 5.74) is 6.70. The minimum atomic E-state index is -4.98. The summed E-state index contributed by atoms with van der Waals surface area (Å²) in [6.45, 7) is 2.85. The SMILES string of the molecule is CN1CCN(CC(=O)Nc2cc(C(=O)Cc3ccc(-c4cnc(N)nc4)nn3)ccc2OC(F)(F)F)CC1. The van der Waals surface area contributed by atoms with Gasteiger partial charge in [-0.2, -0.15) is 10.2 Å². The van der Waals surface area contributed by atoms with Gasteiger partial charge in [-0.15, -0.1) is 13.2 Å². The van der Waals surface area contributed by atoms with Gasteiger partial charge in [0.25, 0.3) is 0 Å². The highest BCUT2D eigenvalue weighted by Crippen LogP contribution is 2.31. The Bertz CT molecular complexity index is 1280. The van der Waals surface area contributed by atoms with E-state index in [1.165, 1.54) is 24.5 Å². The van der Waals surface area contributed by atoms with E-state index in [1.807, 2.05) is 11.9 Å². The minimum Gasteiger partial charge on any atom is -0.404 e. The van der Waals surface area contributed by atoms with Crippen molar-refractivity contribution in [2.24, 2.45) is 0 Å². The first kappa shape index (κ1) is 26.9. The Hall–Kier alpha value is -4.17. The number of amides is 1. The smallest absolute Gasteiger partial charge is 0.404 e. The summed E-state index contributed by atoms with van der Waals surface area (Å²) in [5.74, 6) is -1.45. The molecule has 11 nitrogen and oxygen atoms in total. The number of anilines is 2. The molecule has 0 aliphatic carbocycles. The Kier molecular flexibility index (Phi) is 8.12. The summed E-state index contributed by atoms with van der Waals surface area (Å²) in [4.78, 5) is 37.3. The van der Waals surface area contributed by atoms with Gasteiger partial charge >= 0.3 is 6.36 Å². The largest absolute Gasteiger partial charge is 0.573 e. The van der Waals surface area contributed by atoms with Crippen LogP contribution in [0, 0.1) is 0 Å². The molecule has 1 aliphatic rings. The van der Waals surface area contributed by atoms with Crippen molar-refractivity contribution < 1.29 is 27.5 Å². The van der Waals surface area contributed by atoms with Gasteiger partial charge in [0, 0.05) is 49.7 Å². The summed E-state index contributed by atoms with van der Waals surface area (Å²) < 4.78 is 42.9. The van der Waals surface area contributed by atoms with E-state index in [2.05, 4.69) is 35.1 Å². The highest BCUT2D eigenvalue weighted by Gasteiger charge is 2.32. The predicted molar refractivity (Wildman–Crippen MR) is 131 cm³/mol. The number of aromatic nitrogens is 4. The van der Waals surface area contributed by atoms with Crippen LogP contribution in [-0.2, 0) is 11.2 Å². The molecule has 4 rings (SSSR count). The zero-order chi connectivity index (χ0) is 27.3. The molecule has 38 heavy (non-hydrogen) atoms. The maximum Gasteiger partial charge on any atom is 0.573 e. The van der Waals surface area contributed by atoms with Crippen LogP contribution in [0.2, 0.25) is 0 Å². The fourth-order valence-electron chi connectivity index (χ4n) is 3.76. The van der Waals surface area contributed by atoms with E-state index < -0.39 is 23.8 Å². The topological polar surface area (TPSA) is 139 Å². The van der Waals surface area contributed by atoms with Crippen LogP contribution in [0.4, 0.5) is 24.8 Å². The van der Waals surface area contributed by atoms with Gasteiger partial charge in [0.15, 0.2) is 11.5 Å². The quantitative estimate of drug-likeness (QED) is 0.416. The van der Waals surface area contributed by atoms with Crippen molar-refractivity contribution in [2.75, 3.05) is 50.8 Å². The number of hydrogen-bond acceptors (Lipinski definition) is 10. The molecule has 14 heteroatoms. The molecule has 0 atom stereocenters. The molecule has 2 aromatic heterocycles. The highest BCUT2D eigenvalue weighted by molar-refractivity contribution is 6.00. The molecule has 0 bridgehead atoms. The molecule has 3 N–H and O–H groups in total. The van der Waals surface area contributed by atoms with Crippen LogP contribution in [0.15, 0.2) is 42.7 Å². The first-order valence-electron chi connectivity index (χ1n) is 11.6. The van der Waals surface area contributed by atoms with E-state index in [4.69, 9.17) is 5.73 Å². The van der Waals surface area contributed by atoms with Crippen molar-refractivity contribution in [2.45, 2.75) is 12.8 Å². The normalized spacial score (nSPS) is 14.7. The van der Waals surface area contributed by atoms with Crippen molar-refractivity contribution in [1.29, 1.82) is 0 Å². The van der Waals surface area contributed by atoms with Crippen molar-refractivity contribution >= 4 is 23.3 Å². The van der Waals surface area contributed by atoms with E-state index in [0.717, 1.165) is 19.2 Å². The van der Waals surface area contributed by atoms with Crippen molar-refractivity contribution in [3.63, 3.8) is 0 Å². The number of nitrogens with two attached hydrogens (primary N) is 1. The third-order valence-electron chi connectivity index (χ3n) is 5.79. The number of nitrogen functional groups attached to an aromatic ring is 1. The number of carbonyl (C=O) groups excluding carboxylic acids is 2. The Morgan fingerprint density at radius 1 is 1.05 bits per heavy atom. The lowest BCUT2D eigenvalue weighted by Crippen LogP contribution is -2.47. The van der Waals surface area contributed by atoms with Crippen molar-refractivity contribution in [1.82, 2.24) is 30.0 Å². The maximum absolute atomic E-state index is 12.9. The molecule has 0 unspecified atom stereocenters. The standard InChI is InChI=1S/C24H25F3N8O3/c1-34-6-8-35(9-7-34)14-22(37)31-19-10-15(2-5-21(19)38-24(25,26)27)20(36)11-17-3-4-18(33-32-17)16-12-29-23(28)30-13-16/h2-5,10,12-13H,6-9,11,14H2,1H3,(H,31,37)(H2,28,29,30). The molecular formula is C24H25F3N8O3. The van der Waals surface area contributed by atoms with E-state index in [0.29, 0.717) is 30.0 Å². The fourth-order valence-corrected chi connectivity index (χ4v) is 3.76. The summed E-state index contributed by atoms with van der Waals surface area (Å²) in [5, 5.41) is 10.6. The molecular weight excluding hydrogens is 505 g/mol. The fraction of sp³-hybridized carbons (Fsp3) is 0.333. The molecule has 0 saturated carbocycles. The number of hydrogen-bond donors (Lipinski definition) is 2. The summed E-state index contributed by atoms with van der Waals surface area (Å²) in [7, 11) is 1.97. The summed E-state index contributed by atoms with van der Waals surface area (Å²) >= 11 is 0. The van der Waals surface area contributed by atoms with Crippen LogP contribution >= 0.6 is 0 Å². The predicted octanol–water partition coefficient (Wildman–Crippen LogP) is 2.03. The van der Waals surface area contributed by atoms with Gasteiger partial charge in [-0.3, -0.25) is 14.5 Å². The summed E-state index contributed by atoms with van der Waals surface area (Å²) in [6.07, 6.45) is -2.17. The van der Waals surface area contributed by atoms with Gasteiger partial charge in [-0.05, 0) is 37.4 Å². The average molecular weight is 531 g/mol. The molecule has 200 valence electrons. The van der Waals surface area contributed by atoms with Crippen LogP contribution in [0.5, 0.6) is 5.75 Å². The number of carbonyl (C=O) groups is 2. The zero-order valence-electron chi connectivity index (χ0n) is 20.4. The number of Topliss-reactive ketones (excluding diaryl/α,β-unsaturated/α-hetero) is 1. The molecule has 1 amide bonds. The molecule has 3 heterocycles. The molecule has 0 radical (unpaired) electrons. The third kappa shape index (κ3) is 7.43. The van der Waals surface area contributed by atoms with Gasteiger partial charge < -0.3 is 20.7 Å². The van der Waals surface area contributed by atoms with Crippen molar-refractivity contribution in [3.8, 4) is 17.0 Å². The van der Waals surface area contributed by atoms with E-state index >= 15 is 0 Å². The maximum atomic E-state index is 12.9. The van der Waals surface area contributed by atoms with Crippen LogP contribution in [0.3, 0.4) is 0 Å². The Labute approximate surface area is 215 Å². The number of piperazine rings is 1. The molecule has 1 aromatic carbocycles. The molecule has 0 spiro atoms. The van der Waals surface area contributed by atoms with Gasteiger partial charge in [-0.1, -0.05) is 0 Å². The molecule has 1 saturated heterocycles. The van der Waals surface area contributed by atoms with Gasteiger partial charge in [-0.25, -0.2) is 9.97 Å². The van der Waals surface area contributed by atoms with Crippen LogP contribution in [0.1, 0.15) is 16.1 Å². The number of nitrogens with zero attached hydrogens (tertiary/aromatic N) is 6. The molecule has 1 aliphatic heterocycles. The first-order chi connectivity index (χ1) is 18.1. The lowest BCUT2D eigenvalue weighted by atomic mass is 10.0. The number of ketones is 1.